The average Bonchev–Trinajstić information content (AvgIpc) is 2.42. The van der Waals surface area contributed by atoms with Crippen molar-refractivity contribution in [3.8, 4) is 0 Å². The summed E-state index contributed by atoms with van der Waals surface area (Å²) in [6.07, 6.45) is 5.64. The summed E-state index contributed by atoms with van der Waals surface area (Å²) in [5.41, 5.74) is 0.641. The molecule has 0 amide bonds. The molecule has 0 spiro atoms. The summed E-state index contributed by atoms with van der Waals surface area (Å²) in [6.45, 7) is 0. The molecule has 1 atom stereocenters. The number of hydrogen-bond donors (Lipinski definition) is 1. The Hall–Kier alpha value is -1.42. The molecule has 0 aliphatic heterocycles. The van der Waals surface area contributed by atoms with Crippen LogP contribution in [-0.4, -0.2) is 29.1 Å². The lowest BCUT2D eigenvalue weighted by Crippen LogP contribution is -2.40. The Balaban J connectivity index is 2.19. The Bertz CT molecular complexity index is 426. The van der Waals surface area contributed by atoms with Gasteiger partial charge in [0.2, 0.25) is 0 Å². The number of carbonyl (C=O) groups is 1. The van der Waals surface area contributed by atoms with Gasteiger partial charge in [0.1, 0.15) is 11.9 Å². The molecule has 0 aromatic heterocycles. The number of nitrogens with zero attached hydrogens (tertiary/aromatic N) is 1. The van der Waals surface area contributed by atoms with Gasteiger partial charge >= 0.3 is 5.97 Å². The zero-order valence-corrected chi connectivity index (χ0v) is 11.2. The standard InChI is InChI=1S/C15H20FNO2/c1-17(13-5-3-2-4-6-13)14(15(18)19)11-7-9-12(16)10-8-11/h7-10,13-14H,2-6H2,1H3,(H,18,19). The Morgan fingerprint density at radius 3 is 2.37 bits per heavy atom. The van der Waals surface area contributed by atoms with E-state index in [4.69, 9.17) is 0 Å². The number of hydrogen-bond acceptors (Lipinski definition) is 2. The van der Waals surface area contributed by atoms with E-state index in [0.717, 1.165) is 25.7 Å². The monoisotopic (exact) mass is 265 g/mol. The molecule has 0 heterocycles. The summed E-state index contributed by atoms with van der Waals surface area (Å²) >= 11 is 0. The van der Waals surface area contributed by atoms with Gasteiger partial charge < -0.3 is 5.11 Å². The average molecular weight is 265 g/mol. The van der Waals surface area contributed by atoms with E-state index in [2.05, 4.69) is 0 Å². The third kappa shape index (κ3) is 3.32. The van der Waals surface area contributed by atoms with E-state index in [-0.39, 0.29) is 5.82 Å². The van der Waals surface area contributed by atoms with E-state index in [0.29, 0.717) is 11.6 Å². The predicted octanol–water partition coefficient (Wildman–Crippen LogP) is 3.22. The van der Waals surface area contributed by atoms with E-state index < -0.39 is 12.0 Å². The lowest BCUT2D eigenvalue weighted by molar-refractivity contribution is -0.144. The van der Waals surface area contributed by atoms with Gasteiger partial charge in [-0.05, 0) is 37.6 Å². The van der Waals surface area contributed by atoms with Crippen LogP contribution < -0.4 is 0 Å². The Morgan fingerprint density at radius 1 is 1.26 bits per heavy atom. The molecule has 0 bridgehead atoms. The van der Waals surface area contributed by atoms with Gasteiger partial charge in [0, 0.05) is 6.04 Å². The first-order chi connectivity index (χ1) is 9.09. The molecular weight excluding hydrogens is 245 g/mol. The normalized spacial score (nSPS) is 18.5. The van der Waals surface area contributed by atoms with Crippen molar-refractivity contribution >= 4 is 5.97 Å². The largest absolute Gasteiger partial charge is 0.480 e. The molecule has 0 radical (unpaired) electrons. The first-order valence-electron chi connectivity index (χ1n) is 6.80. The first kappa shape index (κ1) is 14.0. The lowest BCUT2D eigenvalue weighted by atomic mass is 9.92. The van der Waals surface area contributed by atoms with Gasteiger partial charge in [-0.1, -0.05) is 31.4 Å². The van der Waals surface area contributed by atoms with Gasteiger partial charge in [-0.3, -0.25) is 9.69 Å². The molecule has 1 aliphatic carbocycles. The van der Waals surface area contributed by atoms with Gasteiger partial charge in [-0.25, -0.2) is 4.39 Å². The molecular formula is C15H20FNO2. The maximum Gasteiger partial charge on any atom is 0.325 e. The summed E-state index contributed by atoms with van der Waals surface area (Å²) in [5.74, 6) is -1.21. The minimum atomic E-state index is -0.875. The Morgan fingerprint density at radius 2 is 1.84 bits per heavy atom. The summed E-state index contributed by atoms with van der Waals surface area (Å²) < 4.78 is 12.9. The van der Waals surface area contributed by atoms with Crippen molar-refractivity contribution in [3.63, 3.8) is 0 Å². The summed E-state index contributed by atoms with van der Waals surface area (Å²) in [7, 11) is 1.86. The van der Waals surface area contributed by atoms with Crippen molar-refractivity contribution < 1.29 is 14.3 Å². The number of halogens is 1. The summed E-state index contributed by atoms with van der Waals surface area (Å²) in [4.78, 5) is 13.5. The predicted molar refractivity (Wildman–Crippen MR) is 71.4 cm³/mol. The highest BCUT2D eigenvalue weighted by Gasteiger charge is 2.30. The van der Waals surface area contributed by atoms with E-state index in [9.17, 15) is 14.3 Å². The number of aliphatic carboxylic acids is 1. The van der Waals surface area contributed by atoms with Crippen molar-refractivity contribution in [2.24, 2.45) is 0 Å². The highest BCUT2D eigenvalue weighted by Crippen LogP contribution is 2.29. The molecule has 1 fully saturated rings. The van der Waals surface area contributed by atoms with Crippen LogP contribution in [0.5, 0.6) is 0 Å². The molecule has 4 heteroatoms. The van der Waals surface area contributed by atoms with Crippen molar-refractivity contribution in [1.29, 1.82) is 0 Å². The second-order valence-corrected chi connectivity index (χ2v) is 5.25. The Labute approximate surface area is 113 Å². The van der Waals surface area contributed by atoms with E-state index in [1.807, 2.05) is 11.9 Å². The molecule has 3 nitrogen and oxygen atoms in total. The van der Waals surface area contributed by atoms with Crippen molar-refractivity contribution in [2.45, 2.75) is 44.2 Å². The lowest BCUT2D eigenvalue weighted by Gasteiger charge is -2.35. The quantitative estimate of drug-likeness (QED) is 0.908. The van der Waals surface area contributed by atoms with E-state index in [1.54, 1.807) is 12.1 Å². The summed E-state index contributed by atoms with van der Waals surface area (Å²) in [5, 5.41) is 9.46. The third-order valence-corrected chi connectivity index (χ3v) is 3.98. The number of carboxylic acids is 1. The van der Waals surface area contributed by atoms with Crippen molar-refractivity contribution in [2.75, 3.05) is 7.05 Å². The molecule has 1 aromatic carbocycles. The highest BCUT2D eigenvalue weighted by atomic mass is 19.1. The van der Waals surface area contributed by atoms with Crippen LogP contribution in [0, 0.1) is 5.82 Å². The number of rotatable bonds is 4. The SMILES string of the molecule is CN(C1CCCCC1)C(C(=O)O)c1ccc(F)cc1. The molecule has 1 unspecified atom stereocenters. The van der Waals surface area contributed by atoms with E-state index in [1.165, 1.54) is 18.6 Å². The maximum absolute atomic E-state index is 12.9. The van der Waals surface area contributed by atoms with Gasteiger partial charge in [0.05, 0.1) is 0 Å². The number of likely N-dealkylation sites (N-methyl/N-ethyl adjacent to an activating group) is 1. The molecule has 1 saturated carbocycles. The molecule has 104 valence electrons. The number of carboxylic acid groups (broad SMARTS) is 1. The molecule has 19 heavy (non-hydrogen) atoms. The minimum Gasteiger partial charge on any atom is -0.480 e. The molecule has 1 aliphatic rings. The fraction of sp³-hybridized carbons (Fsp3) is 0.533. The second-order valence-electron chi connectivity index (χ2n) is 5.25. The number of benzene rings is 1. The third-order valence-electron chi connectivity index (χ3n) is 3.98. The van der Waals surface area contributed by atoms with Gasteiger partial charge in [0.25, 0.3) is 0 Å². The zero-order valence-electron chi connectivity index (χ0n) is 11.2. The molecule has 2 rings (SSSR count). The minimum absolute atomic E-state index is 0.305. The van der Waals surface area contributed by atoms with Crippen LogP contribution in [0.2, 0.25) is 0 Å². The van der Waals surface area contributed by atoms with Crippen LogP contribution in [0.25, 0.3) is 0 Å². The van der Waals surface area contributed by atoms with Gasteiger partial charge in [-0.15, -0.1) is 0 Å². The van der Waals surface area contributed by atoms with E-state index >= 15 is 0 Å². The molecule has 1 aromatic rings. The fourth-order valence-electron chi connectivity index (χ4n) is 2.90. The Kier molecular flexibility index (Phi) is 4.53. The van der Waals surface area contributed by atoms with Gasteiger partial charge in [0.15, 0.2) is 0 Å². The summed E-state index contributed by atoms with van der Waals surface area (Å²) in [6, 6.07) is 5.38. The van der Waals surface area contributed by atoms with Crippen LogP contribution >= 0.6 is 0 Å². The van der Waals surface area contributed by atoms with Gasteiger partial charge in [-0.2, -0.15) is 0 Å². The second kappa shape index (κ2) is 6.15. The first-order valence-corrected chi connectivity index (χ1v) is 6.80. The maximum atomic E-state index is 12.9. The van der Waals surface area contributed by atoms with Crippen molar-refractivity contribution in [1.82, 2.24) is 4.90 Å². The smallest absolute Gasteiger partial charge is 0.325 e. The highest BCUT2D eigenvalue weighted by molar-refractivity contribution is 5.75. The fourth-order valence-corrected chi connectivity index (χ4v) is 2.90. The van der Waals surface area contributed by atoms with Crippen LogP contribution in [0.3, 0.4) is 0 Å². The van der Waals surface area contributed by atoms with Crippen LogP contribution in [0.15, 0.2) is 24.3 Å². The molecule has 1 N–H and O–H groups in total. The molecule has 0 saturated heterocycles. The zero-order chi connectivity index (χ0) is 13.8. The van der Waals surface area contributed by atoms with Crippen molar-refractivity contribution in [3.05, 3.63) is 35.6 Å². The topological polar surface area (TPSA) is 40.5 Å². The van der Waals surface area contributed by atoms with Crippen LogP contribution in [-0.2, 0) is 4.79 Å². The van der Waals surface area contributed by atoms with Crippen LogP contribution in [0.1, 0.15) is 43.7 Å². The van der Waals surface area contributed by atoms with Crippen LogP contribution in [0.4, 0.5) is 4.39 Å².